The Morgan fingerprint density at radius 3 is 2.27 bits per heavy atom. The van der Waals surface area contributed by atoms with Gasteiger partial charge in [0.15, 0.2) is 0 Å². The number of nitrogens with zero attached hydrogens (tertiary/aromatic N) is 2. The fourth-order valence-electron chi connectivity index (χ4n) is 1.64. The second-order valence-corrected chi connectivity index (χ2v) is 3.13. The van der Waals surface area contributed by atoms with Crippen LogP contribution >= 0.6 is 0 Å². The van der Waals surface area contributed by atoms with Gasteiger partial charge in [-0.05, 0) is 18.8 Å². The van der Waals surface area contributed by atoms with Crippen molar-refractivity contribution < 1.29 is 0 Å². The van der Waals surface area contributed by atoms with Crippen LogP contribution in [0.3, 0.4) is 0 Å². The molecule has 58 valence electrons. The van der Waals surface area contributed by atoms with Crippen molar-refractivity contribution in [1.29, 1.82) is 0 Å². The molecule has 0 saturated carbocycles. The Kier molecular flexibility index (Phi) is 1.60. The van der Waals surface area contributed by atoms with E-state index in [0.717, 1.165) is 18.8 Å². The standard InChI is InChI=1S/C9H12N2/c1-2-7-5-8-9(6-7)11-4-3-10-8/h3-4,7H,2,5-6H2,1H3. The Morgan fingerprint density at radius 1 is 1.27 bits per heavy atom. The maximum atomic E-state index is 4.29. The predicted molar refractivity (Wildman–Crippen MR) is 43.2 cm³/mol. The Hall–Kier alpha value is -0.920. The molecule has 0 atom stereocenters. The molecule has 0 amide bonds. The van der Waals surface area contributed by atoms with Gasteiger partial charge in [0.25, 0.3) is 0 Å². The van der Waals surface area contributed by atoms with Crippen LogP contribution in [0.2, 0.25) is 0 Å². The first-order valence-electron chi connectivity index (χ1n) is 4.19. The molecule has 1 aliphatic carbocycles. The minimum atomic E-state index is 0.799. The fourth-order valence-corrected chi connectivity index (χ4v) is 1.64. The number of fused-ring (bicyclic) bond motifs is 1. The van der Waals surface area contributed by atoms with E-state index in [1.165, 1.54) is 17.8 Å². The van der Waals surface area contributed by atoms with Crippen LogP contribution in [0, 0.1) is 5.92 Å². The molecule has 2 heteroatoms. The van der Waals surface area contributed by atoms with Crippen LogP contribution in [0.15, 0.2) is 12.4 Å². The van der Waals surface area contributed by atoms with Gasteiger partial charge in [-0.3, -0.25) is 9.97 Å². The van der Waals surface area contributed by atoms with E-state index < -0.39 is 0 Å². The topological polar surface area (TPSA) is 25.8 Å². The zero-order valence-corrected chi connectivity index (χ0v) is 6.75. The molecule has 1 aromatic rings. The molecule has 1 heterocycles. The fraction of sp³-hybridized carbons (Fsp3) is 0.556. The summed E-state index contributed by atoms with van der Waals surface area (Å²) in [6.45, 7) is 2.23. The molecule has 0 spiro atoms. The van der Waals surface area contributed by atoms with Gasteiger partial charge in [-0.2, -0.15) is 0 Å². The minimum absolute atomic E-state index is 0.799. The van der Waals surface area contributed by atoms with Crippen molar-refractivity contribution in [1.82, 2.24) is 9.97 Å². The number of rotatable bonds is 1. The molecule has 0 N–H and O–H groups in total. The van der Waals surface area contributed by atoms with E-state index in [2.05, 4.69) is 16.9 Å². The summed E-state index contributed by atoms with van der Waals surface area (Å²) in [5.74, 6) is 0.799. The molecule has 2 nitrogen and oxygen atoms in total. The van der Waals surface area contributed by atoms with Gasteiger partial charge in [-0.15, -0.1) is 0 Å². The van der Waals surface area contributed by atoms with Crippen molar-refractivity contribution >= 4 is 0 Å². The summed E-state index contributed by atoms with van der Waals surface area (Å²) in [5, 5.41) is 0. The van der Waals surface area contributed by atoms with Crippen molar-refractivity contribution in [2.75, 3.05) is 0 Å². The maximum absolute atomic E-state index is 4.29. The summed E-state index contributed by atoms with van der Waals surface area (Å²) in [4.78, 5) is 8.59. The highest BCUT2D eigenvalue weighted by Gasteiger charge is 2.21. The van der Waals surface area contributed by atoms with E-state index in [4.69, 9.17) is 0 Å². The largest absolute Gasteiger partial charge is 0.258 e. The molecule has 0 unspecified atom stereocenters. The molecule has 0 radical (unpaired) electrons. The quantitative estimate of drug-likeness (QED) is 0.604. The van der Waals surface area contributed by atoms with Crippen molar-refractivity contribution in [3.63, 3.8) is 0 Å². The number of hydrogen-bond acceptors (Lipinski definition) is 2. The van der Waals surface area contributed by atoms with Crippen molar-refractivity contribution in [2.24, 2.45) is 5.92 Å². The molecule has 0 aliphatic heterocycles. The van der Waals surface area contributed by atoms with E-state index in [9.17, 15) is 0 Å². The lowest BCUT2D eigenvalue weighted by Gasteiger charge is -2.00. The highest BCUT2D eigenvalue weighted by molar-refractivity contribution is 5.17. The third-order valence-electron chi connectivity index (χ3n) is 2.40. The number of hydrogen-bond donors (Lipinski definition) is 0. The summed E-state index contributed by atoms with van der Waals surface area (Å²) in [5.41, 5.74) is 2.44. The van der Waals surface area contributed by atoms with Gasteiger partial charge >= 0.3 is 0 Å². The Bertz CT molecular complexity index is 232. The van der Waals surface area contributed by atoms with Gasteiger partial charge in [0.2, 0.25) is 0 Å². The molecule has 1 aromatic heterocycles. The van der Waals surface area contributed by atoms with Gasteiger partial charge in [0.05, 0.1) is 11.4 Å². The van der Waals surface area contributed by atoms with Crippen LogP contribution < -0.4 is 0 Å². The first-order valence-corrected chi connectivity index (χ1v) is 4.19. The molecule has 0 bridgehead atoms. The van der Waals surface area contributed by atoms with Gasteiger partial charge in [0, 0.05) is 12.4 Å². The van der Waals surface area contributed by atoms with Crippen LogP contribution in [-0.4, -0.2) is 9.97 Å². The van der Waals surface area contributed by atoms with Crippen molar-refractivity contribution in [3.05, 3.63) is 23.8 Å². The minimum Gasteiger partial charge on any atom is -0.258 e. The van der Waals surface area contributed by atoms with Gasteiger partial charge in [0.1, 0.15) is 0 Å². The molecule has 2 rings (SSSR count). The van der Waals surface area contributed by atoms with Crippen LogP contribution in [0.25, 0.3) is 0 Å². The second kappa shape index (κ2) is 2.61. The summed E-state index contributed by atoms with van der Waals surface area (Å²) in [6, 6.07) is 0. The molecule has 0 aromatic carbocycles. The molecule has 0 saturated heterocycles. The molecule has 11 heavy (non-hydrogen) atoms. The van der Waals surface area contributed by atoms with E-state index in [1.807, 2.05) is 0 Å². The maximum Gasteiger partial charge on any atom is 0.0621 e. The van der Waals surface area contributed by atoms with Crippen LogP contribution in [0.4, 0.5) is 0 Å². The van der Waals surface area contributed by atoms with Crippen molar-refractivity contribution in [2.45, 2.75) is 26.2 Å². The average molecular weight is 148 g/mol. The second-order valence-electron chi connectivity index (χ2n) is 3.13. The first-order chi connectivity index (χ1) is 5.40. The Morgan fingerprint density at radius 2 is 1.82 bits per heavy atom. The van der Waals surface area contributed by atoms with Gasteiger partial charge in [-0.25, -0.2) is 0 Å². The molecular formula is C9H12N2. The van der Waals surface area contributed by atoms with E-state index in [-0.39, 0.29) is 0 Å². The average Bonchev–Trinajstić information content (AvgIpc) is 2.46. The third-order valence-corrected chi connectivity index (χ3v) is 2.40. The zero-order valence-electron chi connectivity index (χ0n) is 6.75. The normalized spacial score (nSPS) is 16.8. The smallest absolute Gasteiger partial charge is 0.0621 e. The van der Waals surface area contributed by atoms with E-state index >= 15 is 0 Å². The lowest BCUT2D eigenvalue weighted by atomic mass is 10.1. The monoisotopic (exact) mass is 148 g/mol. The molecule has 0 fully saturated rings. The lowest BCUT2D eigenvalue weighted by molar-refractivity contribution is 0.537. The Balaban J connectivity index is 2.27. The highest BCUT2D eigenvalue weighted by Crippen LogP contribution is 2.24. The SMILES string of the molecule is CCC1Cc2nccnc2C1. The summed E-state index contributed by atoms with van der Waals surface area (Å²) in [7, 11) is 0. The summed E-state index contributed by atoms with van der Waals surface area (Å²) < 4.78 is 0. The van der Waals surface area contributed by atoms with Crippen LogP contribution in [-0.2, 0) is 12.8 Å². The van der Waals surface area contributed by atoms with E-state index in [0.29, 0.717) is 0 Å². The van der Waals surface area contributed by atoms with Crippen LogP contribution in [0.1, 0.15) is 24.7 Å². The van der Waals surface area contributed by atoms with Crippen LogP contribution in [0.5, 0.6) is 0 Å². The summed E-state index contributed by atoms with van der Waals surface area (Å²) in [6.07, 6.45) is 7.10. The third kappa shape index (κ3) is 1.13. The van der Waals surface area contributed by atoms with E-state index in [1.54, 1.807) is 12.4 Å². The van der Waals surface area contributed by atoms with Gasteiger partial charge < -0.3 is 0 Å². The summed E-state index contributed by atoms with van der Waals surface area (Å²) >= 11 is 0. The van der Waals surface area contributed by atoms with Gasteiger partial charge in [-0.1, -0.05) is 13.3 Å². The van der Waals surface area contributed by atoms with Crippen molar-refractivity contribution in [3.8, 4) is 0 Å². The molecule has 1 aliphatic rings. The lowest BCUT2D eigenvalue weighted by Crippen LogP contribution is -1.95. The number of aromatic nitrogens is 2. The Labute approximate surface area is 66.7 Å². The zero-order chi connectivity index (χ0) is 7.68. The molecular weight excluding hydrogens is 136 g/mol. The first kappa shape index (κ1) is 6.77. The highest BCUT2D eigenvalue weighted by atomic mass is 14.8. The predicted octanol–water partition coefficient (Wildman–Crippen LogP) is 1.60.